The van der Waals surface area contributed by atoms with Crippen LogP contribution in [0.15, 0.2) is 91.0 Å². The second-order valence-electron chi connectivity index (χ2n) is 7.62. The van der Waals surface area contributed by atoms with Gasteiger partial charge in [-0.05, 0) is 23.3 Å². The molecule has 0 saturated carbocycles. The molecule has 1 aliphatic rings. The highest BCUT2D eigenvalue weighted by Gasteiger charge is 2.32. The lowest BCUT2D eigenvalue weighted by Crippen LogP contribution is -2.21. The number of fused-ring (bicyclic) bond motifs is 4. The summed E-state index contributed by atoms with van der Waals surface area (Å²) in [6.07, 6.45) is 0. The molecule has 0 fully saturated rings. The SMILES string of the molecule is O=C1c2ccccc2C(=O)c2c1ccc1[nH]c(-c3ccc(-c4ccccc4)cc3)nc21. The van der Waals surface area contributed by atoms with E-state index in [-0.39, 0.29) is 11.6 Å². The Balaban J connectivity index is 1.46. The van der Waals surface area contributed by atoms with Crippen molar-refractivity contribution in [3.8, 4) is 22.5 Å². The molecule has 1 N–H and O–H groups in total. The van der Waals surface area contributed by atoms with Gasteiger partial charge >= 0.3 is 0 Å². The van der Waals surface area contributed by atoms with Gasteiger partial charge in [0.05, 0.1) is 11.1 Å². The third-order valence-corrected chi connectivity index (χ3v) is 5.81. The van der Waals surface area contributed by atoms with Crippen LogP contribution in [0, 0.1) is 0 Å². The lowest BCUT2D eigenvalue weighted by atomic mass is 9.83. The number of carbonyl (C=O) groups is 2. The zero-order valence-electron chi connectivity index (χ0n) is 16.4. The summed E-state index contributed by atoms with van der Waals surface area (Å²) < 4.78 is 0. The minimum atomic E-state index is -0.159. The van der Waals surface area contributed by atoms with Crippen LogP contribution in [-0.2, 0) is 0 Å². The standard InChI is InChI=1S/C27H16N2O2/c30-25-19-8-4-5-9-20(19)26(31)23-21(25)14-15-22-24(23)29-27(28-22)18-12-10-17(11-13-18)16-6-2-1-3-7-16/h1-15H,(H,28,29). The lowest BCUT2D eigenvalue weighted by molar-refractivity contribution is 0.0980. The normalized spacial score (nSPS) is 12.6. The monoisotopic (exact) mass is 400 g/mol. The van der Waals surface area contributed by atoms with Gasteiger partial charge in [-0.15, -0.1) is 0 Å². The number of hydrogen-bond acceptors (Lipinski definition) is 3. The highest BCUT2D eigenvalue weighted by molar-refractivity contribution is 6.31. The van der Waals surface area contributed by atoms with Gasteiger partial charge in [0.1, 0.15) is 11.3 Å². The van der Waals surface area contributed by atoms with Crippen LogP contribution >= 0.6 is 0 Å². The first kappa shape index (κ1) is 17.5. The number of benzene rings is 4. The molecule has 1 aromatic heterocycles. The molecule has 5 aromatic rings. The van der Waals surface area contributed by atoms with Crippen LogP contribution in [0.1, 0.15) is 31.8 Å². The van der Waals surface area contributed by atoms with Gasteiger partial charge in [-0.3, -0.25) is 9.59 Å². The van der Waals surface area contributed by atoms with E-state index >= 15 is 0 Å². The summed E-state index contributed by atoms with van der Waals surface area (Å²) >= 11 is 0. The van der Waals surface area contributed by atoms with E-state index in [1.54, 1.807) is 30.3 Å². The largest absolute Gasteiger partial charge is 0.338 e. The number of nitrogens with one attached hydrogen (secondary N) is 1. The van der Waals surface area contributed by atoms with E-state index in [0.717, 1.165) is 22.2 Å². The minimum Gasteiger partial charge on any atom is -0.338 e. The van der Waals surface area contributed by atoms with E-state index in [0.29, 0.717) is 33.6 Å². The molecule has 1 aliphatic carbocycles. The topological polar surface area (TPSA) is 62.8 Å². The van der Waals surface area contributed by atoms with Crippen molar-refractivity contribution in [2.45, 2.75) is 0 Å². The Kier molecular flexibility index (Phi) is 3.74. The van der Waals surface area contributed by atoms with Crippen molar-refractivity contribution in [1.29, 1.82) is 0 Å². The minimum absolute atomic E-state index is 0.135. The zero-order valence-corrected chi connectivity index (χ0v) is 16.4. The fourth-order valence-corrected chi connectivity index (χ4v) is 4.24. The van der Waals surface area contributed by atoms with Crippen LogP contribution in [0.25, 0.3) is 33.5 Å². The number of carbonyl (C=O) groups excluding carboxylic acids is 2. The number of aromatic amines is 1. The van der Waals surface area contributed by atoms with E-state index in [9.17, 15) is 9.59 Å². The number of ketones is 2. The van der Waals surface area contributed by atoms with Crippen LogP contribution in [0.2, 0.25) is 0 Å². The first-order valence-electron chi connectivity index (χ1n) is 10.1. The summed E-state index contributed by atoms with van der Waals surface area (Å²) in [6, 6.07) is 28.8. The van der Waals surface area contributed by atoms with Gasteiger partial charge in [0.15, 0.2) is 11.6 Å². The van der Waals surface area contributed by atoms with E-state index < -0.39 is 0 Å². The first-order chi connectivity index (χ1) is 15.2. The van der Waals surface area contributed by atoms with Crippen LogP contribution in [-0.4, -0.2) is 21.5 Å². The average molecular weight is 400 g/mol. The summed E-state index contributed by atoms with van der Waals surface area (Å²) in [6.45, 7) is 0. The number of imidazole rings is 1. The third-order valence-electron chi connectivity index (χ3n) is 5.81. The first-order valence-corrected chi connectivity index (χ1v) is 10.1. The number of H-pyrrole nitrogens is 1. The van der Waals surface area contributed by atoms with Crippen molar-refractivity contribution in [2.75, 3.05) is 0 Å². The molecule has 31 heavy (non-hydrogen) atoms. The second kappa shape index (κ2) is 6.61. The molecule has 1 heterocycles. The molecule has 0 aliphatic heterocycles. The molecule has 146 valence electrons. The summed E-state index contributed by atoms with van der Waals surface area (Å²) in [7, 11) is 0. The van der Waals surface area contributed by atoms with E-state index in [4.69, 9.17) is 4.98 Å². The smallest absolute Gasteiger partial charge is 0.196 e. The number of rotatable bonds is 2. The molecule has 4 heteroatoms. The average Bonchev–Trinajstić information content (AvgIpc) is 3.27. The molecule has 0 bridgehead atoms. The molecule has 0 saturated heterocycles. The highest BCUT2D eigenvalue weighted by atomic mass is 16.1. The number of hydrogen-bond donors (Lipinski definition) is 1. The lowest BCUT2D eigenvalue weighted by Gasteiger charge is -2.17. The Morgan fingerprint density at radius 2 is 1.16 bits per heavy atom. The molecule has 0 unspecified atom stereocenters. The summed E-state index contributed by atoms with van der Waals surface area (Å²) in [5.41, 5.74) is 6.13. The summed E-state index contributed by atoms with van der Waals surface area (Å²) in [4.78, 5) is 34.2. The predicted molar refractivity (Wildman–Crippen MR) is 120 cm³/mol. The maximum absolute atomic E-state index is 13.2. The van der Waals surface area contributed by atoms with Crippen molar-refractivity contribution < 1.29 is 9.59 Å². The molecule has 0 atom stereocenters. The van der Waals surface area contributed by atoms with Crippen LogP contribution in [0.4, 0.5) is 0 Å². The van der Waals surface area contributed by atoms with Gasteiger partial charge in [-0.25, -0.2) is 4.98 Å². The molecule has 0 spiro atoms. The Morgan fingerprint density at radius 1 is 0.548 bits per heavy atom. The number of nitrogens with zero attached hydrogens (tertiary/aromatic N) is 1. The highest BCUT2D eigenvalue weighted by Crippen LogP contribution is 2.33. The Bertz CT molecular complexity index is 1500. The molecular formula is C27H16N2O2. The molecular weight excluding hydrogens is 384 g/mol. The quantitative estimate of drug-likeness (QED) is 0.407. The van der Waals surface area contributed by atoms with E-state index in [1.807, 2.05) is 36.4 Å². The summed E-state index contributed by atoms with van der Waals surface area (Å²) in [5.74, 6) is 0.374. The van der Waals surface area contributed by atoms with Gasteiger partial charge in [-0.1, -0.05) is 78.9 Å². The van der Waals surface area contributed by atoms with Gasteiger partial charge in [-0.2, -0.15) is 0 Å². The van der Waals surface area contributed by atoms with Gasteiger partial charge in [0.2, 0.25) is 0 Å². The fourth-order valence-electron chi connectivity index (χ4n) is 4.24. The Hall–Kier alpha value is -4.31. The van der Waals surface area contributed by atoms with Crippen molar-refractivity contribution in [2.24, 2.45) is 0 Å². The van der Waals surface area contributed by atoms with Crippen molar-refractivity contribution >= 4 is 22.6 Å². The van der Waals surface area contributed by atoms with Gasteiger partial charge in [0.25, 0.3) is 0 Å². The van der Waals surface area contributed by atoms with Gasteiger partial charge in [0, 0.05) is 22.3 Å². The van der Waals surface area contributed by atoms with Crippen LogP contribution in [0.5, 0.6) is 0 Å². The second-order valence-corrected chi connectivity index (χ2v) is 7.62. The van der Waals surface area contributed by atoms with Gasteiger partial charge < -0.3 is 4.98 Å². The Labute approximate surface area is 178 Å². The molecule has 6 rings (SSSR count). The zero-order chi connectivity index (χ0) is 20.9. The third kappa shape index (κ3) is 2.66. The predicted octanol–water partition coefficient (Wildman–Crippen LogP) is 5.67. The van der Waals surface area contributed by atoms with E-state index in [1.165, 1.54) is 0 Å². The summed E-state index contributed by atoms with van der Waals surface area (Å²) in [5, 5.41) is 0. The fraction of sp³-hybridized carbons (Fsp3) is 0. The molecule has 0 radical (unpaired) electrons. The number of aromatic nitrogens is 2. The van der Waals surface area contributed by atoms with Crippen LogP contribution in [0.3, 0.4) is 0 Å². The maximum atomic E-state index is 13.2. The molecule has 4 aromatic carbocycles. The van der Waals surface area contributed by atoms with Crippen molar-refractivity contribution in [3.63, 3.8) is 0 Å². The van der Waals surface area contributed by atoms with Crippen molar-refractivity contribution in [3.05, 3.63) is 113 Å². The van der Waals surface area contributed by atoms with E-state index in [2.05, 4.69) is 29.2 Å². The molecule has 0 amide bonds. The van der Waals surface area contributed by atoms with Crippen molar-refractivity contribution in [1.82, 2.24) is 9.97 Å². The van der Waals surface area contributed by atoms with Crippen LogP contribution < -0.4 is 0 Å². The maximum Gasteiger partial charge on any atom is 0.196 e. The molecule has 4 nitrogen and oxygen atoms in total. The Morgan fingerprint density at radius 3 is 1.90 bits per heavy atom.